The summed E-state index contributed by atoms with van der Waals surface area (Å²) in [6.45, 7) is 2.37. The maximum atomic E-state index is 4.77. The van der Waals surface area contributed by atoms with Gasteiger partial charge in [0.2, 0.25) is 0 Å². The molecule has 0 fully saturated rings. The fourth-order valence-electron chi connectivity index (χ4n) is 8.73. The van der Waals surface area contributed by atoms with Gasteiger partial charge in [0.05, 0.1) is 5.69 Å². The number of hydrogen-bond acceptors (Lipinski definition) is 3. The molecule has 0 saturated heterocycles. The molecule has 1 unspecified atom stereocenters. The Hall–Kier alpha value is -5.89. The second kappa shape index (κ2) is 13.0. The topological polar surface area (TPSA) is 29.0 Å². The molecule has 2 aliphatic heterocycles. The Morgan fingerprint density at radius 3 is 1.43 bits per heavy atom. The predicted octanol–water partition coefficient (Wildman–Crippen LogP) is 11.2. The molecule has 8 aromatic rings. The van der Waals surface area contributed by atoms with Gasteiger partial charge in [-0.15, -0.1) is 47.5 Å². The zero-order valence-corrected chi connectivity index (χ0v) is 31.3. The normalized spacial score (nSPS) is 16.1. The molecule has 4 heteroatoms. The summed E-state index contributed by atoms with van der Waals surface area (Å²) in [5, 5.41) is 0. The number of fused-ring (bicyclic) bond motifs is 4. The van der Waals surface area contributed by atoms with Gasteiger partial charge in [-0.3, -0.25) is 0 Å². The summed E-state index contributed by atoms with van der Waals surface area (Å²) < 4.78 is 0. The molecule has 0 N–H and O–H groups in total. The van der Waals surface area contributed by atoms with Crippen LogP contribution < -0.4 is 4.90 Å². The van der Waals surface area contributed by atoms with E-state index in [-0.39, 0.29) is 21.1 Å². The molecule has 4 heterocycles. The zero-order valence-electron chi connectivity index (χ0n) is 29.0. The predicted molar refractivity (Wildman–Crippen MR) is 209 cm³/mol. The van der Waals surface area contributed by atoms with Crippen molar-refractivity contribution in [3.05, 3.63) is 233 Å². The Balaban J connectivity index is 0.00000372. The monoisotopic (exact) mass is 858 g/mol. The molecule has 0 saturated carbocycles. The molecule has 0 amide bonds. The van der Waals surface area contributed by atoms with E-state index in [0.717, 1.165) is 45.1 Å². The third-order valence-electron chi connectivity index (χ3n) is 11.1. The first kappa shape index (κ1) is 33.0. The van der Waals surface area contributed by atoms with Crippen LogP contribution in [0.3, 0.4) is 0 Å². The van der Waals surface area contributed by atoms with Gasteiger partial charge in [-0.05, 0) is 62.7 Å². The van der Waals surface area contributed by atoms with E-state index < -0.39 is 10.8 Å². The van der Waals surface area contributed by atoms with Crippen LogP contribution in [0.25, 0.3) is 22.5 Å². The number of aromatic nitrogens is 2. The van der Waals surface area contributed by atoms with Crippen molar-refractivity contribution >= 4 is 17.1 Å². The van der Waals surface area contributed by atoms with E-state index in [1.54, 1.807) is 0 Å². The number of para-hydroxylation sites is 1. The SMILES string of the molecule is CC1(c2ccccc2)c2ccc(-c3ccccn3)[c-]c2N2c3[c-]c(-c4ccccn4)ccc3C(c3ccccc3)(c3ccccc3)c3cccc1c32.[Pt+2]. The zero-order chi connectivity index (χ0) is 34.7. The largest absolute Gasteiger partial charge is 2.00 e. The van der Waals surface area contributed by atoms with Crippen LogP contribution in [0, 0.1) is 12.1 Å². The van der Waals surface area contributed by atoms with Crippen LogP contribution in [-0.4, -0.2) is 9.97 Å². The third kappa shape index (κ3) is 4.84. The summed E-state index contributed by atoms with van der Waals surface area (Å²) in [5.74, 6) is 0. The van der Waals surface area contributed by atoms with Gasteiger partial charge < -0.3 is 14.9 Å². The first-order valence-electron chi connectivity index (χ1n) is 17.8. The number of pyridine rings is 2. The van der Waals surface area contributed by atoms with Crippen molar-refractivity contribution in [1.82, 2.24) is 9.97 Å². The van der Waals surface area contributed by atoms with Crippen molar-refractivity contribution in [2.45, 2.75) is 17.8 Å². The molecule has 2 aromatic heterocycles. The van der Waals surface area contributed by atoms with Crippen LogP contribution in [-0.2, 0) is 31.9 Å². The van der Waals surface area contributed by atoms with Crippen molar-refractivity contribution in [1.29, 1.82) is 0 Å². The summed E-state index contributed by atoms with van der Waals surface area (Å²) >= 11 is 0. The van der Waals surface area contributed by atoms with Gasteiger partial charge in [-0.1, -0.05) is 152 Å². The molecule has 10 rings (SSSR count). The summed E-state index contributed by atoms with van der Waals surface area (Å²) in [4.78, 5) is 12.0. The van der Waals surface area contributed by atoms with E-state index in [4.69, 9.17) is 9.97 Å². The smallest absolute Gasteiger partial charge is 0.345 e. The molecule has 0 radical (unpaired) electrons. The number of anilines is 3. The van der Waals surface area contributed by atoms with Crippen LogP contribution >= 0.6 is 0 Å². The van der Waals surface area contributed by atoms with Crippen LogP contribution in [0.15, 0.2) is 182 Å². The van der Waals surface area contributed by atoms with Crippen molar-refractivity contribution in [2.75, 3.05) is 4.90 Å². The second-order valence-corrected chi connectivity index (χ2v) is 13.7. The van der Waals surface area contributed by atoms with Gasteiger partial charge in [0.1, 0.15) is 0 Å². The Morgan fingerprint density at radius 2 is 0.906 bits per heavy atom. The fourth-order valence-corrected chi connectivity index (χ4v) is 8.73. The van der Waals surface area contributed by atoms with Crippen LogP contribution in [0.4, 0.5) is 17.1 Å². The van der Waals surface area contributed by atoms with E-state index in [1.807, 2.05) is 36.7 Å². The minimum Gasteiger partial charge on any atom is -0.345 e. The van der Waals surface area contributed by atoms with Crippen molar-refractivity contribution in [3.63, 3.8) is 0 Å². The maximum absolute atomic E-state index is 4.77. The molecule has 53 heavy (non-hydrogen) atoms. The molecule has 1 atom stereocenters. The van der Waals surface area contributed by atoms with E-state index in [9.17, 15) is 0 Å². The molecule has 3 nitrogen and oxygen atoms in total. The van der Waals surface area contributed by atoms with Gasteiger partial charge in [0.25, 0.3) is 0 Å². The molecule has 0 spiro atoms. The molecular formula is C49H33N3Pt. The maximum Gasteiger partial charge on any atom is 2.00 e. The Bertz CT molecular complexity index is 2540. The Kier molecular flexibility index (Phi) is 8.06. The molecule has 0 bridgehead atoms. The summed E-state index contributed by atoms with van der Waals surface area (Å²) in [7, 11) is 0. The fraction of sp³-hybridized carbons (Fsp3) is 0.0612. The first-order chi connectivity index (χ1) is 25.7. The number of hydrogen-bond donors (Lipinski definition) is 0. The van der Waals surface area contributed by atoms with Gasteiger partial charge in [-0.2, -0.15) is 0 Å². The van der Waals surface area contributed by atoms with E-state index in [1.165, 1.54) is 33.4 Å². The van der Waals surface area contributed by atoms with E-state index in [0.29, 0.717) is 0 Å². The Labute approximate surface area is 325 Å². The number of nitrogens with zero attached hydrogens (tertiary/aromatic N) is 3. The minimum absolute atomic E-state index is 0. The minimum atomic E-state index is -0.646. The number of rotatable bonds is 5. The van der Waals surface area contributed by atoms with Gasteiger partial charge >= 0.3 is 21.1 Å². The second-order valence-electron chi connectivity index (χ2n) is 13.7. The van der Waals surface area contributed by atoms with Crippen LogP contribution in [0.5, 0.6) is 0 Å². The molecule has 0 aliphatic carbocycles. The quantitative estimate of drug-likeness (QED) is 0.162. The number of benzene rings is 6. The van der Waals surface area contributed by atoms with Crippen molar-refractivity contribution < 1.29 is 21.1 Å². The first-order valence-corrected chi connectivity index (χ1v) is 17.8. The molecular weight excluding hydrogens is 826 g/mol. The van der Waals surface area contributed by atoms with Crippen LogP contribution in [0.2, 0.25) is 0 Å². The van der Waals surface area contributed by atoms with Crippen LogP contribution in [0.1, 0.15) is 45.9 Å². The van der Waals surface area contributed by atoms with Crippen molar-refractivity contribution in [3.8, 4) is 22.5 Å². The van der Waals surface area contributed by atoms with E-state index >= 15 is 0 Å². The average Bonchev–Trinajstić information content (AvgIpc) is 3.23. The average molecular weight is 859 g/mol. The third-order valence-corrected chi connectivity index (χ3v) is 11.1. The molecule has 2 aliphatic rings. The van der Waals surface area contributed by atoms with E-state index in [2.05, 4.69) is 170 Å². The van der Waals surface area contributed by atoms with Gasteiger partial charge in [-0.25, -0.2) is 0 Å². The molecule has 6 aromatic carbocycles. The summed E-state index contributed by atoms with van der Waals surface area (Å²) in [6.07, 6.45) is 3.70. The standard InChI is InChI=1S/C49H33N3.Pt/c1-48(36-16-5-2-6-17-36)39-28-26-34(43-24-11-13-30-50-43)32-45(39)52-46-33-35(44-25-12-14-31-51-44)27-29-40(46)49(37-18-7-3-8-19-37,38-20-9-4-10-21-38)42-23-15-22-41(48)47(42)52;/h2-31H,1H3;/q-2;+2. The Morgan fingerprint density at radius 1 is 0.434 bits per heavy atom. The van der Waals surface area contributed by atoms with Gasteiger partial charge in [0.15, 0.2) is 0 Å². The van der Waals surface area contributed by atoms with Crippen molar-refractivity contribution in [2.24, 2.45) is 0 Å². The molecule has 254 valence electrons. The summed E-state index contributed by atoms with van der Waals surface area (Å²) in [6, 6.07) is 68.7. The summed E-state index contributed by atoms with van der Waals surface area (Å²) in [5.41, 5.74) is 14.1. The van der Waals surface area contributed by atoms with Gasteiger partial charge in [0, 0.05) is 23.2 Å².